The van der Waals surface area contributed by atoms with Gasteiger partial charge in [-0.2, -0.15) is 0 Å². The van der Waals surface area contributed by atoms with Gasteiger partial charge in [0.05, 0.1) is 5.69 Å². The van der Waals surface area contributed by atoms with Crippen molar-refractivity contribution in [2.24, 2.45) is 0 Å². The molecule has 0 fully saturated rings. The number of hydrogen-bond acceptors (Lipinski definition) is 3. The van der Waals surface area contributed by atoms with E-state index in [-0.39, 0.29) is 0 Å². The van der Waals surface area contributed by atoms with Crippen LogP contribution in [0.15, 0.2) is 29.2 Å². The summed E-state index contributed by atoms with van der Waals surface area (Å²) >= 11 is 1.85. The second-order valence-corrected chi connectivity index (χ2v) is 4.01. The largest absolute Gasteiger partial charge is 0.291 e. The number of rotatable bonds is 5. The topological polar surface area (TPSA) is 32.3 Å². The van der Waals surface area contributed by atoms with Crippen molar-refractivity contribution in [3.63, 3.8) is 0 Å². The van der Waals surface area contributed by atoms with Gasteiger partial charge in [0, 0.05) is 4.90 Å². The summed E-state index contributed by atoms with van der Waals surface area (Å²) in [5.74, 6) is 1.17. The Hall–Kier alpha value is -0.670. The number of unbranched alkanes of at least 4 members (excludes halogenated alkanes) is 1. The van der Waals surface area contributed by atoms with Gasteiger partial charge >= 0.3 is 0 Å². The highest BCUT2D eigenvalue weighted by atomic mass is 32.2. The fourth-order valence-corrected chi connectivity index (χ4v) is 1.96. The molecule has 1 aromatic carbocycles. The first-order valence-electron chi connectivity index (χ1n) is 4.49. The quantitative estimate of drug-likeness (QED) is 0.431. The van der Waals surface area contributed by atoms with Crippen molar-refractivity contribution >= 4 is 17.4 Å². The van der Waals surface area contributed by atoms with E-state index in [1.807, 2.05) is 36.0 Å². The minimum atomic E-state index is 0.736. The van der Waals surface area contributed by atoms with Gasteiger partial charge in [-0.3, -0.25) is 10.7 Å². The number of thioether (sulfide) groups is 1. The molecule has 0 saturated carbocycles. The lowest BCUT2D eigenvalue weighted by atomic mass is 10.3. The van der Waals surface area contributed by atoms with Crippen LogP contribution in [0.5, 0.6) is 0 Å². The van der Waals surface area contributed by atoms with E-state index in [2.05, 4.69) is 12.4 Å². The second kappa shape index (κ2) is 5.89. The van der Waals surface area contributed by atoms with Crippen molar-refractivity contribution in [2.75, 3.05) is 11.2 Å². The molecule has 1 rings (SSSR count). The van der Waals surface area contributed by atoms with Crippen LogP contribution in [0.25, 0.3) is 0 Å². The van der Waals surface area contributed by atoms with E-state index in [9.17, 15) is 0 Å². The monoisotopic (exact) mass is 197 g/mol. The van der Waals surface area contributed by atoms with Crippen molar-refractivity contribution in [1.82, 2.24) is 0 Å². The molecule has 0 aromatic heterocycles. The zero-order chi connectivity index (χ0) is 9.52. The van der Waals surface area contributed by atoms with Gasteiger partial charge in [0.15, 0.2) is 0 Å². The van der Waals surface area contributed by atoms with Crippen LogP contribution >= 0.6 is 11.8 Å². The lowest BCUT2D eigenvalue weighted by Crippen LogP contribution is -1.87. The SMILES string of the molecule is CCCCSc1ccc(NO)cc1. The van der Waals surface area contributed by atoms with E-state index in [0.29, 0.717) is 0 Å². The Kier molecular flexibility index (Phi) is 4.72. The fraction of sp³-hybridized carbons (Fsp3) is 0.400. The molecule has 0 bridgehead atoms. The molecule has 0 aliphatic carbocycles. The fourth-order valence-electron chi connectivity index (χ4n) is 0.960. The summed E-state index contributed by atoms with van der Waals surface area (Å²) in [5.41, 5.74) is 2.85. The Morgan fingerprint density at radius 2 is 2.00 bits per heavy atom. The van der Waals surface area contributed by atoms with E-state index in [1.54, 1.807) is 0 Å². The summed E-state index contributed by atoms with van der Waals surface area (Å²) < 4.78 is 0. The van der Waals surface area contributed by atoms with Gasteiger partial charge in [-0.15, -0.1) is 11.8 Å². The highest BCUT2D eigenvalue weighted by Gasteiger charge is 1.93. The molecule has 0 saturated heterocycles. The van der Waals surface area contributed by atoms with Crippen LogP contribution in [0.4, 0.5) is 5.69 Å². The van der Waals surface area contributed by atoms with Gasteiger partial charge < -0.3 is 0 Å². The predicted octanol–water partition coefficient (Wildman–Crippen LogP) is 3.38. The average Bonchev–Trinajstić information content (AvgIpc) is 2.19. The standard InChI is InChI=1S/C10H15NOS/c1-2-3-8-13-10-6-4-9(11-12)5-7-10/h4-7,11-12H,2-3,8H2,1H3. The molecule has 0 aliphatic rings. The maximum absolute atomic E-state index is 8.59. The second-order valence-electron chi connectivity index (χ2n) is 2.84. The molecule has 0 heterocycles. The Bertz CT molecular complexity index is 235. The van der Waals surface area contributed by atoms with Gasteiger partial charge in [0.1, 0.15) is 0 Å². The minimum Gasteiger partial charge on any atom is -0.291 e. The molecule has 2 N–H and O–H groups in total. The van der Waals surface area contributed by atoms with Crippen LogP contribution in [-0.4, -0.2) is 11.0 Å². The lowest BCUT2D eigenvalue weighted by molar-refractivity contribution is 0.389. The van der Waals surface area contributed by atoms with Crippen LogP contribution in [0, 0.1) is 0 Å². The van der Waals surface area contributed by atoms with Crippen LogP contribution in [0.1, 0.15) is 19.8 Å². The maximum Gasteiger partial charge on any atom is 0.0602 e. The summed E-state index contributed by atoms with van der Waals surface area (Å²) in [5, 5.41) is 8.59. The third-order valence-corrected chi connectivity index (χ3v) is 2.85. The van der Waals surface area contributed by atoms with Crippen molar-refractivity contribution in [2.45, 2.75) is 24.7 Å². The molecule has 0 amide bonds. The first kappa shape index (κ1) is 10.4. The van der Waals surface area contributed by atoms with Crippen molar-refractivity contribution in [1.29, 1.82) is 0 Å². The molecular weight excluding hydrogens is 182 g/mol. The van der Waals surface area contributed by atoms with E-state index >= 15 is 0 Å². The van der Waals surface area contributed by atoms with Crippen LogP contribution in [0.2, 0.25) is 0 Å². The van der Waals surface area contributed by atoms with Crippen LogP contribution < -0.4 is 5.48 Å². The number of benzene rings is 1. The third-order valence-electron chi connectivity index (χ3n) is 1.75. The highest BCUT2D eigenvalue weighted by Crippen LogP contribution is 2.20. The Balaban J connectivity index is 2.40. The first-order valence-corrected chi connectivity index (χ1v) is 5.48. The maximum atomic E-state index is 8.59. The summed E-state index contributed by atoms with van der Waals surface area (Å²) in [6.07, 6.45) is 2.49. The minimum absolute atomic E-state index is 0.736. The molecule has 2 nitrogen and oxygen atoms in total. The molecule has 0 spiro atoms. The zero-order valence-corrected chi connectivity index (χ0v) is 8.60. The normalized spacial score (nSPS) is 10.0. The Labute approximate surface area is 83.3 Å². The van der Waals surface area contributed by atoms with Gasteiger partial charge in [0.2, 0.25) is 0 Å². The number of anilines is 1. The molecule has 0 unspecified atom stereocenters. The molecule has 13 heavy (non-hydrogen) atoms. The van der Waals surface area contributed by atoms with Gasteiger partial charge in [-0.05, 0) is 36.4 Å². The lowest BCUT2D eigenvalue weighted by Gasteiger charge is -2.01. The van der Waals surface area contributed by atoms with Crippen LogP contribution in [0.3, 0.4) is 0 Å². The van der Waals surface area contributed by atoms with E-state index in [4.69, 9.17) is 5.21 Å². The zero-order valence-electron chi connectivity index (χ0n) is 7.79. The average molecular weight is 197 g/mol. The van der Waals surface area contributed by atoms with Crippen LogP contribution in [-0.2, 0) is 0 Å². The summed E-state index contributed by atoms with van der Waals surface area (Å²) in [7, 11) is 0. The van der Waals surface area contributed by atoms with Gasteiger partial charge in [-0.25, -0.2) is 0 Å². The Morgan fingerprint density at radius 3 is 2.54 bits per heavy atom. The number of hydrogen-bond donors (Lipinski definition) is 2. The molecule has 0 aliphatic heterocycles. The van der Waals surface area contributed by atoms with E-state index in [0.717, 1.165) is 5.69 Å². The summed E-state index contributed by atoms with van der Waals surface area (Å²) in [6, 6.07) is 7.76. The molecular formula is C10H15NOS. The van der Waals surface area contributed by atoms with Gasteiger partial charge in [-0.1, -0.05) is 13.3 Å². The predicted molar refractivity (Wildman–Crippen MR) is 57.5 cm³/mol. The van der Waals surface area contributed by atoms with E-state index < -0.39 is 0 Å². The highest BCUT2D eigenvalue weighted by molar-refractivity contribution is 7.99. The van der Waals surface area contributed by atoms with Crippen molar-refractivity contribution < 1.29 is 5.21 Å². The van der Waals surface area contributed by atoms with Crippen molar-refractivity contribution in [3.05, 3.63) is 24.3 Å². The molecule has 3 heteroatoms. The molecule has 0 atom stereocenters. The molecule has 72 valence electrons. The summed E-state index contributed by atoms with van der Waals surface area (Å²) in [6.45, 7) is 2.19. The molecule has 1 aromatic rings. The van der Waals surface area contributed by atoms with Gasteiger partial charge in [0.25, 0.3) is 0 Å². The third kappa shape index (κ3) is 3.70. The smallest absolute Gasteiger partial charge is 0.0602 e. The summed E-state index contributed by atoms with van der Waals surface area (Å²) in [4.78, 5) is 1.26. The first-order chi connectivity index (χ1) is 6.36. The Morgan fingerprint density at radius 1 is 1.31 bits per heavy atom. The van der Waals surface area contributed by atoms with Crippen molar-refractivity contribution in [3.8, 4) is 0 Å². The van der Waals surface area contributed by atoms with E-state index in [1.165, 1.54) is 23.5 Å². The number of nitrogens with one attached hydrogen (secondary N) is 1. The molecule has 0 radical (unpaired) electrons.